The first-order valence-corrected chi connectivity index (χ1v) is 10.2. The molecular weight excluding hydrogens is 411 g/mol. The van der Waals surface area contributed by atoms with Gasteiger partial charge in [-0.05, 0) is 23.8 Å². The number of hydrogen-bond donors (Lipinski definition) is 0. The summed E-state index contributed by atoms with van der Waals surface area (Å²) in [7, 11) is 0. The molecule has 1 aliphatic rings. The zero-order valence-electron chi connectivity index (χ0n) is 17.3. The van der Waals surface area contributed by atoms with Crippen molar-refractivity contribution >= 4 is 23.9 Å². The molecule has 1 fully saturated rings. The van der Waals surface area contributed by atoms with E-state index in [0.717, 1.165) is 5.56 Å². The van der Waals surface area contributed by atoms with Gasteiger partial charge >= 0.3 is 0 Å². The number of aromatic nitrogens is 1. The third kappa shape index (κ3) is 4.95. The molecule has 162 valence electrons. The molecule has 0 unspecified atom stereocenters. The summed E-state index contributed by atoms with van der Waals surface area (Å²) in [6.07, 6.45) is 3.59. The number of halogens is 1. The summed E-state index contributed by atoms with van der Waals surface area (Å²) in [5.41, 5.74) is 1.20. The fourth-order valence-electron chi connectivity index (χ4n) is 3.37. The van der Waals surface area contributed by atoms with Crippen molar-refractivity contribution in [3.05, 3.63) is 77.6 Å². The van der Waals surface area contributed by atoms with Gasteiger partial charge < -0.3 is 19.0 Å². The van der Waals surface area contributed by atoms with Crippen LogP contribution in [0.1, 0.15) is 17.1 Å². The van der Waals surface area contributed by atoms with Crippen molar-refractivity contribution < 1.29 is 18.3 Å². The van der Waals surface area contributed by atoms with E-state index in [-0.39, 0.29) is 24.0 Å². The van der Waals surface area contributed by atoms with Crippen molar-refractivity contribution in [2.75, 3.05) is 37.7 Å². The van der Waals surface area contributed by atoms with E-state index in [1.165, 1.54) is 12.1 Å². The number of piperazine rings is 1. The molecular formula is C24H21FN4O3. The lowest BCUT2D eigenvalue weighted by Gasteiger charge is -2.34. The molecule has 1 amide bonds. The summed E-state index contributed by atoms with van der Waals surface area (Å²) >= 11 is 0. The molecule has 0 bridgehead atoms. The molecule has 4 rings (SSSR count). The first-order valence-electron chi connectivity index (χ1n) is 10.2. The van der Waals surface area contributed by atoms with Crippen LogP contribution in [0.2, 0.25) is 0 Å². The topological polar surface area (TPSA) is 82.6 Å². The molecule has 1 saturated heterocycles. The molecule has 0 spiro atoms. The number of ether oxygens (including phenoxy) is 1. The standard InChI is InChI=1S/C24H21FN4O3/c25-19-8-4-5-9-21(19)31-17-23(30)28-12-14-29(15-13-28)24-20(16-26)27-22(32-24)11-10-18-6-2-1-3-7-18/h1-11H,12-15,17H2. The van der Waals surface area contributed by atoms with Crippen LogP contribution in [0, 0.1) is 17.1 Å². The van der Waals surface area contributed by atoms with E-state index < -0.39 is 5.82 Å². The molecule has 0 saturated carbocycles. The molecule has 0 radical (unpaired) electrons. The SMILES string of the molecule is N#Cc1nc(C=Cc2ccccc2)oc1N1CCN(C(=O)COc2ccccc2F)CC1. The minimum atomic E-state index is -0.503. The second-order valence-electron chi connectivity index (χ2n) is 7.15. The van der Waals surface area contributed by atoms with E-state index in [1.807, 2.05) is 41.3 Å². The lowest BCUT2D eigenvalue weighted by Crippen LogP contribution is -2.50. The van der Waals surface area contributed by atoms with Crippen LogP contribution in [0.25, 0.3) is 12.2 Å². The first-order chi connectivity index (χ1) is 15.6. The summed E-state index contributed by atoms with van der Waals surface area (Å²) in [4.78, 5) is 20.2. The number of carbonyl (C=O) groups is 1. The number of benzene rings is 2. The number of amides is 1. The number of nitriles is 1. The number of anilines is 1. The van der Waals surface area contributed by atoms with Crippen LogP contribution < -0.4 is 9.64 Å². The van der Waals surface area contributed by atoms with Gasteiger partial charge in [0.15, 0.2) is 18.2 Å². The van der Waals surface area contributed by atoms with Crippen molar-refractivity contribution in [1.82, 2.24) is 9.88 Å². The molecule has 0 aliphatic carbocycles. The van der Waals surface area contributed by atoms with Crippen LogP contribution in [0.15, 0.2) is 59.0 Å². The third-order valence-corrected chi connectivity index (χ3v) is 5.06. The Morgan fingerprint density at radius 3 is 2.53 bits per heavy atom. The maximum Gasteiger partial charge on any atom is 0.260 e. The minimum absolute atomic E-state index is 0.0518. The molecule has 8 heteroatoms. The minimum Gasteiger partial charge on any atom is -0.481 e. The quantitative estimate of drug-likeness (QED) is 0.592. The fourth-order valence-corrected chi connectivity index (χ4v) is 3.37. The van der Waals surface area contributed by atoms with Gasteiger partial charge in [0.05, 0.1) is 0 Å². The highest BCUT2D eigenvalue weighted by Crippen LogP contribution is 2.24. The highest BCUT2D eigenvalue weighted by atomic mass is 19.1. The second-order valence-corrected chi connectivity index (χ2v) is 7.15. The summed E-state index contributed by atoms with van der Waals surface area (Å²) in [6, 6.07) is 17.8. The number of rotatable bonds is 6. The van der Waals surface area contributed by atoms with Crippen LogP contribution in [0.4, 0.5) is 10.3 Å². The van der Waals surface area contributed by atoms with Crippen LogP contribution in [0.5, 0.6) is 5.75 Å². The van der Waals surface area contributed by atoms with E-state index in [2.05, 4.69) is 11.1 Å². The zero-order valence-corrected chi connectivity index (χ0v) is 17.3. The predicted molar refractivity (Wildman–Crippen MR) is 117 cm³/mol. The molecule has 1 aliphatic heterocycles. The second kappa shape index (κ2) is 9.79. The van der Waals surface area contributed by atoms with Crippen LogP contribution in [-0.2, 0) is 4.79 Å². The van der Waals surface area contributed by atoms with Gasteiger partial charge in [0.25, 0.3) is 5.91 Å². The molecule has 1 aromatic heterocycles. The lowest BCUT2D eigenvalue weighted by atomic mass is 10.2. The number of nitrogens with zero attached hydrogens (tertiary/aromatic N) is 4. The molecule has 7 nitrogen and oxygen atoms in total. The van der Waals surface area contributed by atoms with Gasteiger partial charge in [-0.1, -0.05) is 42.5 Å². The Balaban J connectivity index is 1.35. The highest BCUT2D eigenvalue weighted by molar-refractivity contribution is 5.78. The molecule has 2 heterocycles. The fraction of sp³-hybridized carbons (Fsp3) is 0.208. The number of oxazole rings is 1. The van der Waals surface area contributed by atoms with Crippen LogP contribution in [0.3, 0.4) is 0 Å². The Labute approximate surface area is 185 Å². The van der Waals surface area contributed by atoms with E-state index in [4.69, 9.17) is 9.15 Å². The Hall–Kier alpha value is -4.12. The normalized spacial score (nSPS) is 13.9. The van der Waals surface area contributed by atoms with Gasteiger partial charge in [-0.3, -0.25) is 4.79 Å². The first kappa shape index (κ1) is 21.1. The van der Waals surface area contributed by atoms with E-state index in [0.29, 0.717) is 38.0 Å². The largest absolute Gasteiger partial charge is 0.481 e. The Morgan fingerprint density at radius 2 is 1.81 bits per heavy atom. The zero-order chi connectivity index (χ0) is 22.3. The van der Waals surface area contributed by atoms with Gasteiger partial charge in [-0.15, -0.1) is 0 Å². The van der Waals surface area contributed by atoms with Crippen LogP contribution in [-0.4, -0.2) is 48.6 Å². The summed E-state index contributed by atoms with van der Waals surface area (Å²) < 4.78 is 24.8. The number of carbonyl (C=O) groups excluding carboxylic acids is 1. The van der Waals surface area contributed by atoms with Crippen molar-refractivity contribution in [2.45, 2.75) is 0 Å². The monoisotopic (exact) mass is 432 g/mol. The maximum atomic E-state index is 13.6. The predicted octanol–water partition coefficient (Wildman–Crippen LogP) is 3.58. The highest BCUT2D eigenvalue weighted by Gasteiger charge is 2.26. The van der Waals surface area contributed by atoms with Crippen molar-refractivity contribution in [2.24, 2.45) is 0 Å². The Bertz CT molecular complexity index is 1150. The summed E-state index contributed by atoms with van der Waals surface area (Å²) in [6.45, 7) is 1.59. The summed E-state index contributed by atoms with van der Waals surface area (Å²) in [5.74, 6) is 0.0667. The number of hydrogen-bond acceptors (Lipinski definition) is 6. The van der Waals surface area contributed by atoms with E-state index >= 15 is 0 Å². The van der Waals surface area contributed by atoms with Gasteiger partial charge in [0, 0.05) is 32.3 Å². The van der Waals surface area contributed by atoms with Crippen molar-refractivity contribution in [3.63, 3.8) is 0 Å². The van der Waals surface area contributed by atoms with Gasteiger partial charge in [-0.2, -0.15) is 10.2 Å². The molecule has 0 N–H and O–H groups in total. The number of para-hydroxylation sites is 1. The molecule has 2 aromatic carbocycles. The molecule has 0 atom stereocenters. The van der Waals surface area contributed by atoms with Crippen molar-refractivity contribution in [1.29, 1.82) is 5.26 Å². The van der Waals surface area contributed by atoms with Gasteiger partial charge in [-0.25, -0.2) is 4.39 Å². The van der Waals surface area contributed by atoms with Crippen LogP contribution >= 0.6 is 0 Å². The lowest BCUT2D eigenvalue weighted by molar-refractivity contribution is -0.133. The van der Waals surface area contributed by atoms with Gasteiger partial charge in [0.2, 0.25) is 17.5 Å². The average Bonchev–Trinajstić information content (AvgIpc) is 3.26. The van der Waals surface area contributed by atoms with Gasteiger partial charge in [0.1, 0.15) is 6.07 Å². The summed E-state index contributed by atoms with van der Waals surface area (Å²) in [5, 5.41) is 9.45. The average molecular weight is 432 g/mol. The van der Waals surface area contributed by atoms with E-state index in [9.17, 15) is 14.4 Å². The molecule has 3 aromatic rings. The maximum absolute atomic E-state index is 13.6. The van der Waals surface area contributed by atoms with Crippen molar-refractivity contribution in [3.8, 4) is 11.8 Å². The molecule has 32 heavy (non-hydrogen) atoms. The smallest absolute Gasteiger partial charge is 0.260 e. The Morgan fingerprint density at radius 1 is 1.09 bits per heavy atom. The Kier molecular flexibility index (Phi) is 6.46. The van der Waals surface area contributed by atoms with E-state index in [1.54, 1.807) is 23.1 Å². The third-order valence-electron chi connectivity index (χ3n) is 5.06.